The van der Waals surface area contributed by atoms with Crippen LogP contribution in [0.3, 0.4) is 0 Å². The maximum Gasteiger partial charge on any atom is 0.256 e. The molecule has 1 aliphatic heterocycles. The van der Waals surface area contributed by atoms with E-state index in [0.717, 1.165) is 46.7 Å². The summed E-state index contributed by atoms with van der Waals surface area (Å²) in [6.07, 6.45) is 3.66. The van der Waals surface area contributed by atoms with Crippen molar-refractivity contribution in [3.63, 3.8) is 0 Å². The highest BCUT2D eigenvalue weighted by Gasteiger charge is 2.25. The van der Waals surface area contributed by atoms with Gasteiger partial charge in [0.2, 0.25) is 0 Å². The molecule has 1 aliphatic rings. The van der Waals surface area contributed by atoms with Crippen LogP contribution in [-0.2, 0) is 0 Å². The number of H-pyrrole nitrogens is 1. The van der Waals surface area contributed by atoms with Gasteiger partial charge in [0.25, 0.3) is 5.91 Å². The Bertz CT molecular complexity index is 1030. The van der Waals surface area contributed by atoms with Gasteiger partial charge < -0.3 is 25.0 Å². The molecule has 3 heterocycles. The first-order chi connectivity index (χ1) is 14.4. The minimum atomic E-state index is 0.0834. The summed E-state index contributed by atoms with van der Waals surface area (Å²) in [5.41, 5.74) is 3.88. The van der Waals surface area contributed by atoms with E-state index in [2.05, 4.69) is 57.1 Å². The Morgan fingerprint density at radius 1 is 1.17 bits per heavy atom. The van der Waals surface area contributed by atoms with Gasteiger partial charge in [-0.25, -0.2) is 4.98 Å². The number of nitrogens with one attached hydrogen (secondary N) is 2. The van der Waals surface area contributed by atoms with Gasteiger partial charge in [-0.2, -0.15) is 0 Å². The number of carbonyl (C=O) groups excluding carboxylic acids is 1. The molecule has 2 aromatic heterocycles. The van der Waals surface area contributed by atoms with Crippen molar-refractivity contribution in [2.45, 2.75) is 19.9 Å². The molecule has 1 aromatic carbocycles. The highest BCUT2D eigenvalue weighted by Crippen LogP contribution is 2.27. The molecule has 7 nitrogen and oxygen atoms in total. The van der Waals surface area contributed by atoms with Gasteiger partial charge in [0.05, 0.1) is 11.3 Å². The van der Waals surface area contributed by atoms with Crippen molar-refractivity contribution in [1.29, 1.82) is 0 Å². The summed E-state index contributed by atoms with van der Waals surface area (Å²) in [4.78, 5) is 27.3. The Kier molecular flexibility index (Phi) is 5.53. The zero-order valence-corrected chi connectivity index (χ0v) is 18.1. The van der Waals surface area contributed by atoms with Crippen molar-refractivity contribution in [1.82, 2.24) is 14.9 Å². The number of hydrogen-bond acceptors (Lipinski definition) is 5. The molecule has 0 saturated carbocycles. The normalized spacial score (nSPS) is 14.4. The minimum Gasteiger partial charge on any atom is -0.380 e. The van der Waals surface area contributed by atoms with E-state index in [-0.39, 0.29) is 5.91 Å². The average Bonchev–Trinajstić information content (AvgIpc) is 3.16. The summed E-state index contributed by atoms with van der Waals surface area (Å²) >= 11 is 0. The van der Waals surface area contributed by atoms with E-state index in [9.17, 15) is 4.79 Å². The van der Waals surface area contributed by atoms with Crippen molar-refractivity contribution >= 4 is 34.0 Å². The van der Waals surface area contributed by atoms with Gasteiger partial charge in [0.1, 0.15) is 0 Å². The maximum atomic E-state index is 13.2. The number of hydrogen-bond donors (Lipinski definition) is 2. The van der Waals surface area contributed by atoms with Crippen LogP contribution < -0.4 is 15.1 Å². The molecule has 1 saturated heterocycles. The molecule has 0 atom stereocenters. The molecular formula is C23H30N6O. The van der Waals surface area contributed by atoms with Crippen LogP contribution in [0.2, 0.25) is 0 Å². The first kappa shape index (κ1) is 20.1. The first-order valence-electron chi connectivity index (χ1n) is 10.5. The Labute approximate surface area is 177 Å². The van der Waals surface area contributed by atoms with Gasteiger partial charge in [-0.05, 0) is 44.2 Å². The number of amides is 1. The molecule has 2 N–H and O–H groups in total. The summed E-state index contributed by atoms with van der Waals surface area (Å²) in [5, 5.41) is 4.44. The highest BCUT2D eigenvalue weighted by atomic mass is 16.2. The van der Waals surface area contributed by atoms with Crippen molar-refractivity contribution in [3.8, 4) is 0 Å². The number of fused-ring (bicyclic) bond motifs is 1. The predicted octanol–water partition coefficient (Wildman–Crippen LogP) is 3.41. The molecule has 1 fully saturated rings. The molecule has 4 rings (SSSR count). The summed E-state index contributed by atoms with van der Waals surface area (Å²) in [6, 6.07) is 10.5. The molecule has 7 heteroatoms. The van der Waals surface area contributed by atoms with E-state index >= 15 is 0 Å². The molecular weight excluding hydrogens is 376 g/mol. The standard InChI is InChI=1S/C23H30N6O/c1-16(2)26-20-6-5-9-24-22(20)28-10-12-29(13-11-28)23(30)19-15-25-21-14-17(27(3)4)7-8-18(19)21/h5-9,14-16,25-26H,10-13H2,1-4H3. The number of carbonyl (C=O) groups is 1. The lowest BCUT2D eigenvalue weighted by atomic mass is 10.1. The van der Waals surface area contributed by atoms with Gasteiger partial charge in [-0.1, -0.05) is 0 Å². The molecule has 3 aromatic rings. The van der Waals surface area contributed by atoms with Crippen molar-refractivity contribution in [2.75, 3.05) is 55.4 Å². The SMILES string of the molecule is CC(C)Nc1cccnc1N1CCN(C(=O)c2c[nH]c3cc(N(C)C)ccc23)CC1. The van der Waals surface area contributed by atoms with Gasteiger partial charge >= 0.3 is 0 Å². The molecule has 158 valence electrons. The topological polar surface area (TPSA) is 67.5 Å². The Hall–Kier alpha value is -3.22. The third-order valence-electron chi connectivity index (χ3n) is 5.51. The Morgan fingerprint density at radius 3 is 2.63 bits per heavy atom. The van der Waals surface area contributed by atoms with Crippen LogP contribution in [0.1, 0.15) is 24.2 Å². The molecule has 0 unspecified atom stereocenters. The number of nitrogens with zero attached hydrogens (tertiary/aromatic N) is 4. The van der Waals surface area contributed by atoms with E-state index in [0.29, 0.717) is 19.1 Å². The second-order valence-corrected chi connectivity index (χ2v) is 8.28. The van der Waals surface area contributed by atoms with Crippen molar-refractivity contribution < 1.29 is 4.79 Å². The number of rotatable bonds is 5. The van der Waals surface area contributed by atoms with Gasteiger partial charge in [0.15, 0.2) is 5.82 Å². The number of aromatic amines is 1. The number of anilines is 3. The predicted molar refractivity (Wildman–Crippen MR) is 124 cm³/mol. The van der Waals surface area contributed by atoms with E-state index in [1.165, 1.54) is 0 Å². The lowest BCUT2D eigenvalue weighted by Crippen LogP contribution is -2.49. The zero-order valence-electron chi connectivity index (χ0n) is 18.1. The highest BCUT2D eigenvalue weighted by molar-refractivity contribution is 6.07. The Morgan fingerprint density at radius 2 is 1.93 bits per heavy atom. The number of benzene rings is 1. The van der Waals surface area contributed by atoms with E-state index in [4.69, 9.17) is 0 Å². The summed E-state index contributed by atoms with van der Waals surface area (Å²) in [6.45, 7) is 7.13. The van der Waals surface area contributed by atoms with Gasteiger partial charge in [0, 0.05) is 75.3 Å². The van der Waals surface area contributed by atoms with Crippen molar-refractivity contribution in [2.24, 2.45) is 0 Å². The third-order valence-corrected chi connectivity index (χ3v) is 5.51. The lowest BCUT2D eigenvalue weighted by molar-refractivity contribution is 0.0748. The molecule has 30 heavy (non-hydrogen) atoms. The quantitative estimate of drug-likeness (QED) is 0.680. The monoisotopic (exact) mass is 406 g/mol. The van der Waals surface area contributed by atoms with Crippen LogP contribution in [-0.4, -0.2) is 67.1 Å². The third kappa shape index (κ3) is 3.92. The zero-order chi connectivity index (χ0) is 21.3. The van der Waals surface area contributed by atoms with Crippen LogP contribution in [0.4, 0.5) is 17.2 Å². The van der Waals surface area contributed by atoms with E-state index in [1.807, 2.05) is 43.5 Å². The lowest BCUT2D eigenvalue weighted by Gasteiger charge is -2.36. The largest absolute Gasteiger partial charge is 0.380 e. The Balaban J connectivity index is 1.47. The molecule has 0 spiro atoms. The van der Waals surface area contributed by atoms with Crippen LogP contribution >= 0.6 is 0 Å². The summed E-state index contributed by atoms with van der Waals surface area (Å²) in [5.74, 6) is 1.04. The van der Waals surface area contributed by atoms with Crippen LogP contribution in [0.25, 0.3) is 10.9 Å². The minimum absolute atomic E-state index is 0.0834. The fourth-order valence-corrected chi connectivity index (χ4v) is 3.93. The molecule has 0 bridgehead atoms. The molecule has 0 radical (unpaired) electrons. The summed E-state index contributed by atoms with van der Waals surface area (Å²) in [7, 11) is 4.03. The molecule has 0 aliphatic carbocycles. The average molecular weight is 407 g/mol. The fourth-order valence-electron chi connectivity index (χ4n) is 3.93. The maximum absolute atomic E-state index is 13.2. The van der Waals surface area contributed by atoms with E-state index < -0.39 is 0 Å². The number of pyridine rings is 1. The van der Waals surface area contributed by atoms with Crippen LogP contribution in [0.15, 0.2) is 42.7 Å². The van der Waals surface area contributed by atoms with Crippen LogP contribution in [0.5, 0.6) is 0 Å². The number of aromatic nitrogens is 2. The fraction of sp³-hybridized carbons (Fsp3) is 0.391. The second-order valence-electron chi connectivity index (χ2n) is 8.28. The number of piperazine rings is 1. The summed E-state index contributed by atoms with van der Waals surface area (Å²) < 4.78 is 0. The van der Waals surface area contributed by atoms with Gasteiger partial charge in [-0.15, -0.1) is 0 Å². The van der Waals surface area contributed by atoms with Crippen LogP contribution in [0, 0.1) is 0 Å². The first-order valence-corrected chi connectivity index (χ1v) is 10.5. The molecule has 1 amide bonds. The van der Waals surface area contributed by atoms with Crippen molar-refractivity contribution in [3.05, 3.63) is 48.3 Å². The second kappa shape index (κ2) is 8.26. The van der Waals surface area contributed by atoms with E-state index in [1.54, 1.807) is 0 Å². The van der Waals surface area contributed by atoms with Gasteiger partial charge in [-0.3, -0.25) is 4.79 Å². The smallest absolute Gasteiger partial charge is 0.256 e.